The topological polar surface area (TPSA) is 75.7 Å². The van der Waals surface area contributed by atoms with Crippen molar-refractivity contribution in [3.8, 4) is 0 Å². The van der Waals surface area contributed by atoms with Gasteiger partial charge in [-0.3, -0.25) is 14.4 Å². The van der Waals surface area contributed by atoms with E-state index >= 15 is 0 Å². The van der Waals surface area contributed by atoms with Gasteiger partial charge in [0, 0.05) is 33.8 Å². The number of hydrogen-bond acceptors (Lipinski definition) is 4. The Morgan fingerprint density at radius 1 is 1.28 bits per heavy atom. The standard InChI is InChI=1S/C21H20BrClN2O4/c1-12-8-15(6-7-16(12)22)24-19(26)11-29-21(28)14-9-20(27)25(10-14)18-5-3-4-17(23)13(18)2/h3-8,14H,9-11H2,1-2H3,(H,24,26)/t14-/m1/s1. The van der Waals surface area contributed by atoms with Gasteiger partial charge in [0.05, 0.1) is 5.92 Å². The molecule has 0 radical (unpaired) electrons. The Hall–Kier alpha value is -2.38. The Balaban J connectivity index is 1.56. The monoisotopic (exact) mass is 478 g/mol. The lowest BCUT2D eigenvalue weighted by Gasteiger charge is -2.19. The Bertz CT molecular complexity index is 979. The van der Waals surface area contributed by atoms with Gasteiger partial charge < -0.3 is 15.0 Å². The van der Waals surface area contributed by atoms with E-state index in [1.807, 2.05) is 26.0 Å². The zero-order valence-electron chi connectivity index (χ0n) is 16.0. The minimum absolute atomic E-state index is 0.0400. The highest BCUT2D eigenvalue weighted by molar-refractivity contribution is 9.10. The van der Waals surface area contributed by atoms with E-state index < -0.39 is 24.4 Å². The maximum Gasteiger partial charge on any atom is 0.311 e. The molecule has 2 aromatic carbocycles. The number of rotatable bonds is 5. The number of carbonyl (C=O) groups is 3. The summed E-state index contributed by atoms with van der Waals surface area (Å²) in [5.74, 6) is -1.80. The lowest BCUT2D eigenvalue weighted by atomic mass is 10.1. The summed E-state index contributed by atoms with van der Waals surface area (Å²) in [7, 11) is 0. The number of hydrogen-bond donors (Lipinski definition) is 1. The van der Waals surface area contributed by atoms with Crippen LogP contribution in [0.3, 0.4) is 0 Å². The molecule has 152 valence electrons. The highest BCUT2D eigenvalue weighted by Crippen LogP contribution is 2.31. The fourth-order valence-electron chi connectivity index (χ4n) is 3.16. The second-order valence-electron chi connectivity index (χ2n) is 6.91. The highest BCUT2D eigenvalue weighted by atomic mass is 79.9. The van der Waals surface area contributed by atoms with Crippen LogP contribution in [0.2, 0.25) is 5.02 Å². The first-order valence-electron chi connectivity index (χ1n) is 9.04. The lowest BCUT2D eigenvalue weighted by Crippen LogP contribution is -2.28. The smallest absolute Gasteiger partial charge is 0.311 e. The molecular formula is C21H20BrClN2O4. The van der Waals surface area contributed by atoms with Crippen molar-refractivity contribution >= 4 is 56.7 Å². The number of benzene rings is 2. The molecule has 0 aromatic heterocycles. The summed E-state index contributed by atoms with van der Waals surface area (Å²) in [6, 6.07) is 10.7. The van der Waals surface area contributed by atoms with Crippen molar-refractivity contribution in [1.82, 2.24) is 0 Å². The van der Waals surface area contributed by atoms with E-state index in [9.17, 15) is 14.4 Å². The van der Waals surface area contributed by atoms with Crippen LogP contribution in [0.4, 0.5) is 11.4 Å². The van der Waals surface area contributed by atoms with Gasteiger partial charge >= 0.3 is 5.97 Å². The van der Waals surface area contributed by atoms with Gasteiger partial charge in [-0.2, -0.15) is 0 Å². The fraction of sp³-hybridized carbons (Fsp3) is 0.286. The van der Waals surface area contributed by atoms with Crippen molar-refractivity contribution in [2.24, 2.45) is 5.92 Å². The maximum absolute atomic E-state index is 12.4. The number of halogens is 2. The summed E-state index contributed by atoms with van der Waals surface area (Å²) in [6.45, 7) is 3.52. The molecule has 0 bridgehead atoms. The zero-order valence-corrected chi connectivity index (χ0v) is 18.3. The lowest BCUT2D eigenvalue weighted by molar-refractivity contribution is -0.151. The van der Waals surface area contributed by atoms with Crippen molar-refractivity contribution in [2.45, 2.75) is 20.3 Å². The van der Waals surface area contributed by atoms with E-state index in [-0.39, 0.29) is 18.9 Å². The molecule has 2 aromatic rings. The molecule has 0 aliphatic carbocycles. The minimum Gasteiger partial charge on any atom is -0.455 e. The summed E-state index contributed by atoms with van der Waals surface area (Å²) in [6.07, 6.45) is 0.0400. The van der Waals surface area contributed by atoms with Gasteiger partial charge in [-0.25, -0.2) is 0 Å². The third-order valence-electron chi connectivity index (χ3n) is 4.78. The average Bonchev–Trinajstić information content (AvgIpc) is 3.06. The normalized spacial score (nSPS) is 16.1. The molecular weight excluding hydrogens is 460 g/mol. The molecule has 6 nitrogen and oxygen atoms in total. The Kier molecular flexibility index (Phi) is 6.59. The molecule has 1 fully saturated rings. The largest absolute Gasteiger partial charge is 0.455 e. The van der Waals surface area contributed by atoms with Crippen LogP contribution in [-0.2, 0) is 19.1 Å². The molecule has 0 unspecified atom stereocenters. The van der Waals surface area contributed by atoms with E-state index in [1.165, 1.54) is 4.90 Å². The fourth-order valence-corrected chi connectivity index (χ4v) is 3.58. The van der Waals surface area contributed by atoms with Gasteiger partial charge in [0.2, 0.25) is 5.91 Å². The number of esters is 1. The summed E-state index contributed by atoms with van der Waals surface area (Å²) in [4.78, 5) is 38.4. The number of aryl methyl sites for hydroxylation is 1. The Labute approximate surface area is 182 Å². The first kappa shape index (κ1) is 21.3. The Morgan fingerprint density at radius 3 is 2.76 bits per heavy atom. The second-order valence-corrected chi connectivity index (χ2v) is 8.17. The molecule has 1 heterocycles. The summed E-state index contributed by atoms with van der Waals surface area (Å²) in [5, 5.41) is 3.24. The Morgan fingerprint density at radius 2 is 2.03 bits per heavy atom. The van der Waals surface area contributed by atoms with Crippen LogP contribution in [0.5, 0.6) is 0 Å². The van der Waals surface area contributed by atoms with Crippen molar-refractivity contribution < 1.29 is 19.1 Å². The van der Waals surface area contributed by atoms with Gasteiger partial charge in [-0.1, -0.05) is 33.6 Å². The summed E-state index contributed by atoms with van der Waals surface area (Å²) < 4.78 is 6.07. The molecule has 1 saturated heterocycles. The molecule has 1 aliphatic rings. The van der Waals surface area contributed by atoms with Gasteiger partial charge in [-0.05, 0) is 55.3 Å². The first-order valence-corrected chi connectivity index (χ1v) is 10.2. The van der Waals surface area contributed by atoms with Crippen LogP contribution < -0.4 is 10.2 Å². The third kappa shape index (κ3) is 4.97. The number of amides is 2. The quantitative estimate of drug-likeness (QED) is 0.651. The van der Waals surface area contributed by atoms with Gasteiger partial charge in [0.1, 0.15) is 0 Å². The van der Waals surface area contributed by atoms with Crippen LogP contribution in [0.25, 0.3) is 0 Å². The molecule has 3 rings (SSSR count). The molecule has 1 N–H and O–H groups in total. The molecule has 1 atom stereocenters. The first-order chi connectivity index (χ1) is 13.8. The van der Waals surface area contributed by atoms with E-state index in [0.29, 0.717) is 16.4 Å². The predicted octanol–water partition coefficient (Wildman–Crippen LogP) is 4.25. The van der Waals surface area contributed by atoms with Crippen LogP contribution in [0.15, 0.2) is 40.9 Å². The predicted molar refractivity (Wildman–Crippen MR) is 115 cm³/mol. The summed E-state index contributed by atoms with van der Waals surface area (Å²) in [5.41, 5.74) is 3.05. The van der Waals surface area contributed by atoms with E-state index in [4.69, 9.17) is 16.3 Å². The number of anilines is 2. The summed E-state index contributed by atoms with van der Waals surface area (Å²) >= 11 is 9.53. The van der Waals surface area contributed by atoms with Crippen LogP contribution in [0.1, 0.15) is 17.5 Å². The van der Waals surface area contributed by atoms with Crippen molar-refractivity contribution in [3.05, 3.63) is 57.0 Å². The number of nitrogens with zero attached hydrogens (tertiary/aromatic N) is 1. The molecule has 0 spiro atoms. The zero-order chi connectivity index (χ0) is 21.1. The highest BCUT2D eigenvalue weighted by Gasteiger charge is 2.37. The van der Waals surface area contributed by atoms with Crippen molar-refractivity contribution in [1.29, 1.82) is 0 Å². The van der Waals surface area contributed by atoms with Crippen LogP contribution in [0, 0.1) is 19.8 Å². The molecule has 2 amide bonds. The molecule has 0 saturated carbocycles. The maximum atomic E-state index is 12.4. The van der Waals surface area contributed by atoms with Crippen LogP contribution in [-0.4, -0.2) is 30.9 Å². The van der Waals surface area contributed by atoms with E-state index in [2.05, 4.69) is 21.2 Å². The second kappa shape index (κ2) is 8.97. The minimum atomic E-state index is -0.622. The van der Waals surface area contributed by atoms with Crippen LogP contribution >= 0.6 is 27.5 Å². The molecule has 1 aliphatic heterocycles. The molecule has 29 heavy (non-hydrogen) atoms. The average molecular weight is 480 g/mol. The van der Waals surface area contributed by atoms with E-state index in [1.54, 1.807) is 24.3 Å². The van der Waals surface area contributed by atoms with Crippen molar-refractivity contribution in [3.63, 3.8) is 0 Å². The number of carbonyl (C=O) groups excluding carboxylic acids is 3. The number of nitrogens with one attached hydrogen (secondary N) is 1. The van der Waals surface area contributed by atoms with E-state index in [0.717, 1.165) is 15.6 Å². The SMILES string of the molecule is Cc1cc(NC(=O)COC(=O)[C@@H]2CC(=O)N(c3cccc(Cl)c3C)C2)ccc1Br. The van der Waals surface area contributed by atoms with Gasteiger partial charge in [-0.15, -0.1) is 0 Å². The molecule has 8 heteroatoms. The number of ether oxygens (including phenoxy) is 1. The van der Waals surface area contributed by atoms with Gasteiger partial charge in [0.25, 0.3) is 5.91 Å². The van der Waals surface area contributed by atoms with Crippen molar-refractivity contribution in [2.75, 3.05) is 23.4 Å². The third-order valence-corrected chi connectivity index (χ3v) is 6.07. The van der Waals surface area contributed by atoms with Gasteiger partial charge in [0.15, 0.2) is 6.61 Å².